The minimum atomic E-state index is -3.60. The molecule has 0 amide bonds. The van der Waals surface area contributed by atoms with E-state index in [1.54, 1.807) is 23.5 Å². The second-order valence-corrected chi connectivity index (χ2v) is 9.43. The lowest BCUT2D eigenvalue weighted by Crippen LogP contribution is -2.23. The average molecular weight is 420 g/mol. The molecular formula is C24H21NO2S2. The minimum absolute atomic E-state index is 0.244. The summed E-state index contributed by atoms with van der Waals surface area (Å²) in [4.78, 5) is 0.266. The number of hydrogen-bond donors (Lipinski definition) is 1. The Labute approximate surface area is 175 Å². The summed E-state index contributed by atoms with van der Waals surface area (Å²) in [5.41, 5.74) is 6.34. The van der Waals surface area contributed by atoms with Crippen LogP contribution in [0.4, 0.5) is 0 Å². The molecule has 0 aliphatic heterocycles. The maximum Gasteiger partial charge on any atom is 0.240 e. The molecule has 5 heteroatoms. The summed E-state index contributed by atoms with van der Waals surface area (Å²) in [6.45, 7) is 2.29. The molecule has 3 aromatic carbocycles. The standard InChI is InChI=1S/C24H21NO2S2/c1-18-5-4-7-20(15-18)19-9-11-23(12-10-19)29(26,27)25-16-21-6-2-3-8-24(21)22-13-14-28-17-22/h2-15,17,25H,16H2,1H3. The van der Waals surface area contributed by atoms with Crippen LogP contribution in [0.2, 0.25) is 0 Å². The van der Waals surface area contributed by atoms with Gasteiger partial charge in [-0.2, -0.15) is 11.3 Å². The van der Waals surface area contributed by atoms with Gasteiger partial charge in [-0.05, 0) is 63.7 Å². The van der Waals surface area contributed by atoms with Gasteiger partial charge in [-0.25, -0.2) is 13.1 Å². The molecule has 0 unspecified atom stereocenters. The number of nitrogens with one attached hydrogen (secondary N) is 1. The Bertz CT molecular complexity index is 1210. The van der Waals surface area contributed by atoms with Crippen molar-refractivity contribution < 1.29 is 8.42 Å². The topological polar surface area (TPSA) is 46.2 Å². The van der Waals surface area contributed by atoms with Gasteiger partial charge in [-0.3, -0.25) is 0 Å². The molecule has 0 spiro atoms. The maximum absolute atomic E-state index is 12.8. The molecule has 1 N–H and O–H groups in total. The van der Waals surface area contributed by atoms with E-state index in [0.717, 1.165) is 27.8 Å². The molecule has 146 valence electrons. The zero-order chi connectivity index (χ0) is 20.3. The Balaban J connectivity index is 1.53. The third-order valence-electron chi connectivity index (χ3n) is 4.82. The largest absolute Gasteiger partial charge is 0.240 e. The highest BCUT2D eigenvalue weighted by atomic mass is 32.2. The van der Waals surface area contributed by atoms with Crippen LogP contribution >= 0.6 is 11.3 Å². The van der Waals surface area contributed by atoms with E-state index < -0.39 is 10.0 Å². The van der Waals surface area contributed by atoms with Crippen molar-refractivity contribution in [3.8, 4) is 22.3 Å². The van der Waals surface area contributed by atoms with Gasteiger partial charge < -0.3 is 0 Å². The Morgan fingerprint density at radius 3 is 2.34 bits per heavy atom. The monoisotopic (exact) mass is 419 g/mol. The van der Waals surface area contributed by atoms with Crippen LogP contribution in [0.25, 0.3) is 22.3 Å². The fraction of sp³-hybridized carbons (Fsp3) is 0.0833. The molecule has 4 aromatic rings. The van der Waals surface area contributed by atoms with Crippen molar-refractivity contribution in [2.24, 2.45) is 0 Å². The number of sulfonamides is 1. The van der Waals surface area contributed by atoms with Crippen molar-refractivity contribution in [3.63, 3.8) is 0 Å². The van der Waals surface area contributed by atoms with Crippen LogP contribution in [0.1, 0.15) is 11.1 Å². The molecule has 0 fully saturated rings. The van der Waals surface area contributed by atoms with E-state index in [2.05, 4.69) is 16.2 Å². The Morgan fingerprint density at radius 2 is 1.62 bits per heavy atom. The molecule has 1 heterocycles. The Hall–Kier alpha value is -2.73. The van der Waals surface area contributed by atoms with Crippen molar-refractivity contribution in [2.45, 2.75) is 18.4 Å². The summed E-state index contributed by atoms with van der Waals surface area (Å²) in [5, 5.41) is 4.09. The molecule has 4 rings (SSSR count). The number of rotatable bonds is 6. The van der Waals surface area contributed by atoms with Crippen LogP contribution in [0.3, 0.4) is 0 Å². The van der Waals surface area contributed by atoms with E-state index in [1.165, 1.54) is 5.56 Å². The Kier molecular flexibility index (Phi) is 5.62. The Morgan fingerprint density at radius 1 is 0.828 bits per heavy atom. The molecule has 0 saturated heterocycles. The number of hydrogen-bond acceptors (Lipinski definition) is 3. The van der Waals surface area contributed by atoms with E-state index in [4.69, 9.17) is 0 Å². The summed E-state index contributed by atoms with van der Waals surface area (Å²) in [6, 6.07) is 25.1. The fourth-order valence-corrected chi connectivity index (χ4v) is 4.94. The van der Waals surface area contributed by atoms with Crippen molar-refractivity contribution in [1.29, 1.82) is 0 Å². The molecule has 0 atom stereocenters. The lowest BCUT2D eigenvalue weighted by atomic mass is 10.0. The van der Waals surface area contributed by atoms with Crippen molar-refractivity contribution in [3.05, 3.63) is 101 Å². The highest BCUT2D eigenvalue weighted by Gasteiger charge is 2.15. The van der Waals surface area contributed by atoms with E-state index in [9.17, 15) is 8.42 Å². The SMILES string of the molecule is Cc1cccc(-c2ccc(S(=O)(=O)NCc3ccccc3-c3ccsc3)cc2)c1. The molecule has 1 aromatic heterocycles. The lowest BCUT2D eigenvalue weighted by molar-refractivity contribution is 0.581. The zero-order valence-electron chi connectivity index (χ0n) is 16.0. The van der Waals surface area contributed by atoms with Gasteiger partial charge in [0.1, 0.15) is 0 Å². The zero-order valence-corrected chi connectivity index (χ0v) is 17.6. The van der Waals surface area contributed by atoms with E-state index in [1.807, 2.05) is 73.0 Å². The van der Waals surface area contributed by atoms with Crippen molar-refractivity contribution in [1.82, 2.24) is 4.72 Å². The first-order valence-corrected chi connectivity index (χ1v) is 11.7. The summed E-state index contributed by atoms with van der Waals surface area (Å²) in [7, 11) is -3.60. The van der Waals surface area contributed by atoms with E-state index >= 15 is 0 Å². The molecule has 0 bridgehead atoms. The third kappa shape index (κ3) is 4.48. The van der Waals surface area contributed by atoms with Gasteiger partial charge in [0.15, 0.2) is 0 Å². The van der Waals surface area contributed by atoms with E-state index in [-0.39, 0.29) is 11.4 Å². The first-order valence-electron chi connectivity index (χ1n) is 9.30. The predicted molar refractivity (Wildman–Crippen MR) is 120 cm³/mol. The highest BCUT2D eigenvalue weighted by Crippen LogP contribution is 2.26. The number of aryl methyl sites for hydroxylation is 1. The molecule has 3 nitrogen and oxygen atoms in total. The second-order valence-electron chi connectivity index (χ2n) is 6.89. The van der Waals surface area contributed by atoms with Crippen LogP contribution in [0.15, 0.2) is 94.5 Å². The molecule has 29 heavy (non-hydrogen) atoms. The molecule has 0 saturated carbocycles. The van der Waals surface area contributed by atoms with Gasteiger partial charge in [-0.1, -0.05) is 66.2 Å². The van der Waals surface area contributed by atoms with Gasteiger partial charge in [0.05, 0.1) is 4.90 Å². The minimum Gasteiger partial charge on any atom is -0.207 e. The molecular weight excluding hydrogens is 398 g/mol. The summed E-state index contributed by atoms with van der Waals surface area (Å²) < 4.78 is 28.3. The van der Waals surface area contributed by atoms with Crippen molar-refractivity contribution in [2.75, 3.05) is 0 Å². The number of benzene rings is 3. The van der Waals surface area contributed by atoms with Gasteiger partial charge in [0.2, 0.25) is 10.0 Å². The average Bonchev–Trinajstić information content (AvgIpc) is 3.27. The van der Waals surface area contributed by atoms with Gasteiger partial charge in [0.25, 0.3) is 0 Å². The van der Waals surface area contributed by atoms with Gasteiger partial charge in [0, 0.05) is 6.54 Å². The smallest absolute Gasteiger partial charge is 0.207 e. The van der Waals surface area contributed by atoms with Crippen LogP contribution in [-0.2, 0) is 16.6 Å². The molecule has 0 aliphatic carbocycles. The quantitative estimate of drug-likeness (QED) is 0.425. The number of thiophene rings is 1. The molecule has 0 radical (unpaired) electrons. The second kappa shape index (κ2) is 8.33. The van der Waals surface area contributed by atoms with Crippen LogP contribution in [0, 0.1) is 6.92 Å². The van der Waals surface area contributed by atoms with Crippen LogP contribution in [0.5, 0.6) is 0 Å². The maximum atomic E-state index is 12.8. The van der Waals surface area contributed by atoms with Gasteiger partial charge >= 0.3 is 0 Å². The summed E-state index contributed by atoms with van der Waals surface area (Å²) >= 11 is 1.63. The summed E-state index contributed by atoms with van der Waals surface area (Å²) in [5.74, 6) is 0. The normalized spacial score (nSPS) is 11.5. The molecule has 0 aliphatic rings. The van der Waals surface area contributed by atoms with E-state index in [0.29, 0.717) is 0 Å². The first-order chi connectivity index (χ1) is 14.0. The van der Waals surface area contributed by atoms with Crippen LogP contribution in [-0.4, -0.2) is 8.42 Å². The lowest BCUT2D eigenvalue weighted by Gasteiger charge is -2.11. The highest BCUT2D eigenvalue weighted by molar-refractivity contribution is 7.89. The predicted octanol–water partition coefficient (Wildman–Crippen LogP) is 5.87. The van der Waals surface area contributed by atoms with Crippen molar-refractivity contribution >= 4 is 21.4 Å². The third-order valence-corrected chi connectivity index (χ3v) is 6.92. The van der Waals surface area contributed by atoms with Crippen LogP contribution < -0.4 is 4.72 Å². The first kappa shape index (κ1) is 19.6. The van der Waals surface area contributed by atoms with Gasteiger partial charge in [-0.15, -0.1) is 0 Å². The summed E-state index contributed by atoms with van der Waals surface area (Å²) in [6.07, 6.45) is 0. The fourth-order valence-electron chi connectivity index (χ4n) is 3.28.